The van der Waals surface area contributed by atoms with Crippen LogP contribution in [0.5, 0.6) is 0 Å². The lowest BCUT2D eigenvalue weighted by Crippen LogP contribution is -2.42. The first kappa shape index (κ1) is 20.2. The van der Waals surface area contributed by atoms with Crippen molar-refractivity contribution in [2.24, 2.45) is 23.5 Å². The lowest BCUT2D eigenvalue weighted by Gasteiger charge is -2.40. The number of hydrogen-bond acceptors (Lipinski definition) is 2. The summed E-state index contributed by atoms with van der Waals surface area (Å²) >= 11 is 0. The van der Waals surface area contributed by atoms with E-state index in [9.17, 15) is 28.6 Å². The Kier molecular flexibility index (Phi) is 4.39. The molecule has 0 saturated heterocycles. The van der Waals surface area contributed by atoms with Gasteiger partial charge in [0.05, 0.1) is 5.92 Å². The Balaban J connectivity index is 0.00000225. The Labute approximate surface area is 146 Å². The van der Waals surface area contributed by atoms with Crippen molar-refractivity contribution < 1.29 is 28.6 Å². The molecule has 0 radical (unpaired) electrons. The van der Waals surface area contributed by atoms with Crippen molar-refractivity contribution in [2.45, 2.75) is 30.2 Å². The third kappa shape index (κ3) is 3.85. The van der Waals surface area contributed by atoms with Crippen LogP contribution in [0.15, 0.2) is 23.1 Å². The molecule has 0 spiro atoms. The van der Waals surface area contributed by atoms with Gasteiger partial charge in [0, 0.05) is 11.7 Å². The molecular formula is C14H17ClF6N2OS. The van der Waals surface area contributed by atoms with Gasteiger partial charge in [-0.15, -0.1) is 12.4 Å². The zero-order valence-electron chi connectivity index (χ0n) is 12.7. The normalized spacial score (nSPS) is 31.0. The largest absolute Gasteiger partial charge is 0.327 e. The molecule has 0 heterocycles. The van der Waals surface area contributed by atoms with Gasteiger partial charge in [0.15, 0.2) is 0 Å². The molecule has 3 N–H and O–H groups in total. The highest BCUT2D eigenvalue weighted by atomic mass is 35.5. The Morgan fingerprint density at radius 2 is 1.72 bits per heavy atom. The highest BCUT2D eigenvalue weighted by Crippen LogP contribution is 3.02. The number of amides is 1. The number of rotatable bonds is 3. The molecule has 2 aliphatic carbocycles. The van der Waals surface area contributed by atoms with Gasteiger partial charge < -0.3 is 11.1 Å². The molecule has 2 fully saturated rings. The van der Waals surface area contributed by atoms with E-state index >= 15 is 0 Å². The zero-order chi connectivity index (χ0) is 18.0. The fraction of sp³-hybridized carbons (Fsp3) is 0.500. The maximum Gasteiger partial charge on any atom is 0.313 e. The van der Waals surface area contributed by atoms with Crippen LogP contribution in [0.3, 0.4) is 0 Å². The minimum absolute atomic E-state index is 0. The van der Waals surface area contributed by atoms with Crippen molar-refractivity contribution >= 4 is 34.2 Å². The van der Waals surface area contributed by atoms with E-state index in [0.29, 0.717) is 0 Å². The predicted molar refractivity (Wildman–Crippen MR) is 86.0 cm³/mol. The standard InChI is InChI=1S/C14H16F6N2OS.ClH/c15-10-4-3-9(6-11(10)24(16,17,18,19)20)22-14(23)12-7-1-2-8(5-7)13(12)21;/h3-4,6-8,12-13H,1-2,5,21H2,(H,22,23);1H. The van der Waals surface area contributed by atoms with Gasteiger partial charge in [0.1, 0.15) is 10.7 Å². The molecule has 2 aliphatic rings. The number of halogens is 7. The molecule has 2 bridgehead atoms. The summed E-state index contributed by atoms with van der Waals surface area (Å²) in [6.07, 6.45) is 2.48. The van der Waals surface area contributed by atoms with E-state index in [2.05, 4.69) is 5.32 Å². The van der Waals surface area contributed by atoms with Gasteiger partial charge in [-0.2, -0.15) is 0 Å². The Hall–Kier alpha value is -1.13. The lowest BCUT2D eigenvalue weighted by molar-refractivity contribution is -0.121. The van der Waals surface area contributed by atoms with Crippen LogP contribution in [0.25, 0.3) is 0 Å². The van der Waals surface area contributed by atoms with Crippen molar-refractivity contribution in [2.75, 3.05) is 5.32 Å². The zero-order valence-corrected chi connectivity index (χ0v) is 14.4. The van der Waals surface area contributed by atoms with Crippen molar-refractivity contribution in [3.63, 3.8) is 0 Å². The molecule has 0 aromatic heterocycles. The van der Waals surface area contributed by atoms with Gasteiger partial charge in [0.25, 0.3) is 0 Å². The molecule has 144 valence electrons. The minimum atomic E-state index is -10.2. The van der Waals surface area contributed by atoms with Crippen LogP contribution in [0.2, 0.25) is 0 Å². The Morgan fingerprint density at radius 3 is 2.24 bits per heavy atom. The topological polar surface area (TPSA) is 55.1 Å². The average molecular weight is 411 g/mol. The van der Waals surface area contributed by atoms with Crippen molar-refractivity contribution in [1.29, 1.82) is 0 Å². The number of nitrogens with one attached hydrogen (secondary N) is 1. The number of hydrogen-bond donors (Lipinski definition) is 2. The second kappa shape index (κ2) is 5.43. The van der Waals surface area contributed by atoms with Crippen molar-refractivity contribution in [1.82, 2.24) is 0 Å². The SMILES string of the molecule is Cl.NC1C2CCC(C2)C1C(=O)Nc1ccc(F)c(S(F)(F)(F)(F)F)c1. The quantitative estimate of drug-likeness (QED) is 0.671. The van der Waals surface area contributed by atoms with Crippen LogP contribution < -0.4 is 11.1 Å². The van der Waals surface area contributed by atoms with Crippen LogP contribution in [-0.2, 0) is 4.79 Å². The summed E-state index contributed by atoms with van der Waals surface area (Å²) in [7, 11) is -10.2. The van der Waals surface area contributed by atoms with E-state index in [4.69, 9.17) is 5.73 Å². The molecule has 3 rings (SSSR count). The highest BCUT2D eigenvalue weighted by Gasteiger charge is 2.67. The van der Waals surface area contributed by atoms with Crippen LogP contribution in [-0.4, -0.2) is 11.9 Å². The Bertz CT molecular complexity index is 711. The predicted octanol–water partition coefficient (Wildman–Crippen LogP) is 5.22. The van der Waals surface area contributed by atoms with E-state index in [1.165, 1.54) is 0 Å². The molecule has 1 aromatic carbocycles. The molecule has 1 amide bonds. The van der Waals surface area contributed by atoms with Crippen LogP contribution in [0.4, 0.5) is 29.5 Å². The minimum Gasteiger partial charge on any atom is -0.327 e. The van der Waals surface area contributed by atoms with Crippen molar-refractivity contribution in [3.8, 4) is 0 Å². The first-order valence-corrected chi connectivity index (χ1v) is 9.31. The number of carbonyl (C=O) groups excluding carboxylic acids is 1. The summed E-state index contributed by atoms with van der Waals surface area (Å²) in [4.78, 5) is 9.64. The maximum atomic E-state index is 13.3. The molecule has 1 aromatic rings. The molecule has 0 aliphatic heterocycles. The third-order valence-electron chi connectivity index (χ3n) is 4.90. The average Bonchev–Trinajstić information content (AvgIpc) is 2.98. The third-order valence-corrected chi connectivity index (χ3v) is 6.04. The van der Waals surface area contributed by atoms with Gasteiger partial charge in [0.2, 0.25) is 5.91 Å². The number of benzene rings is 1. The lowest BCUT2D eigenvalue weighted by atomic mass is 9.84. The van der Waals surface area contributed by atoms with E-state index in [0.717, 1.165) is 25.3 Å². The molecule has 4 atom stereocenters. The van der Waals surface area contributed by atoms with E-state index in [1.54, 1.807) is 0 Å². The molecule has 2 saturated carbocycles. The van der Waals surface area contributed by atoms with E-state index < -0.39 is 44.5 Å². The van der Waals surface area contributed by atoms with Crippen LogP contribution in [0, 0.1) is 23.6 Å². The monoisotopic (exact) mass is 410 g/mol. The van der Waals surface area contributed by atoms with Crippen LogP contribution in [0.1, 0.15) is 19.3 Å². The van der Waals surface area contributed by atoms with Crippen molar-refractivity contribution in [3.05, 3.63) is 24.0 Å². The number of anilines is 1. The van der Waals surface area contributed by atoms with Gasteiger partial charge in [-0.25, -0.2) is 4.39 Å². The van der Waals surface area contributed by atoms with E-state index in [-0.39, 0.29) is 36.4 Å². The number of fused-ring (bicyclic) bond motifs is 2. The summed E-state index contributed by atoms with van der Waals surface area (Å²) in [5.41, 5.74) is 5.44. The maximum absolute atomic E-state index is 13.3. The second-order valence-electron chi connectivity index (χ2n) is 6.54. The first-order chi connectivity index (χ1) is 10.8. The van der Waals surface area contributed by atoms with Gasteiger partial charge in [-0.3, -0.25) is 4.79 Å². The molecule has 25 heavy (non-hydrogen) atoms. The molecule has 4 unspecified atom stereocenters. The Morgan fingerprint density at radius 1 is 1.12 bits per heavy atom. The molecule has 11 heteroatoms. The first-order valence-electron chi connectivity index (χ1n) is 7.36. The molecular weight excluding hydrogens is 394 g/mol. The summed E-state index contributed by atoms with van der Waals surface area (Å²) in [6.45, 7) is 0. The summed E-state index contributed by atoms with van der Waals surface area (Å²) < 4.78 is 77.5. The molecule has 3 nitrogen and oxygen atoms in total. The van der Waals surface area contributed by atoms with Crippen LogP contribution >= 0.6 is 22.6 Å². The smallest absolute Gasteiger partial charge is 0.313 e. The van der Waals surface area contributed by atoms with Gasteiger partial charge in [-0.1, -0.05) is 19.4 Å². The number of nitrogens with two attached hydrogens (primary N) is 1. The van der Waals surface area contributed by atoms with E-state index in [1.807, 2.05) is 0 Å². The highest BCUT2D eigenvalue weighted by molar-refractivity contribution is 8.45. The fourth-order valence-corrected chi connectivity index (χ4v) is 4.61. The second-order valence-corrected chi connectivity index (χ2v) is 8.92. The van der Waals surface area contributed by atoms with Gasteiger partial charge in [-0.05, 0) is 49.3 Å². The summed E-state index contributed by atoms with van der Waals surface area (Å²) in [5, 5.41) is 2.17. The fourth-order valence-electron chi connectivity index (χ4n) is 3.83. The summed E-state index contributed by atoms with van der Waals surface area (Å²) in [5.74, 6) is -3.03. The number of carbonyl (C=O) groups is 1. The van der Waals surface area contributed by atoms with Gasteiger partial charge >= 0.3 is 10.2 Å². The summed E-state index contributed by atoms with van der Waals surface area (Å²) in [6, 6.07) is 0.620.